The minimum atomic E-state index is -0.720. The molecule has 1 atom stereocenters. The quantitative estimate of drug-likeness (QED) is 0.281. The number of fused-ring (bicyclic) bond motifs is 1. The average molecular weight is 533 g/mol. The number of esters is 1. The Morgan fingerprint density at radius 3 is 2.61 bits per heavy atom. The number of thiazole rings is 1. The van der Waals surface area contributed by atoms with E-state index in [-0.39, 0.29) is 5.56 Å². The van der Waals surface area contributed by atoms with Crippen LogP contribution >= 0.6 is 11.3 Å². The van der Waals surface area contributed by atoms with Crippen LogP contribution in [0.3, 0.4) is 0 Å². The SMILES string of the molecule is CCCCCOc1ccc(C2C(C(=O)OC)=C(C)N=c3sc(=CC=Cc4ccccc4)c(=O)n32)cc1OC. The van der Waals surface area contributed by atoms with Crippen molar-refractivity contribution in [2.75, 3.05) is 20.8 Å². The van der Waals surface area contributed by atoms with Crippen LogP contribution < -0.4 is 24.4 Å². The third-order valence-corrected chi connectivity index (χ3v) is 7.27. The third-order valence-electron chi connectivity index (χ3n) is 6.27. The number of unbranched alkanes of at least 4 members (excludes halogenated alkanes) is 2. The Morgan fingerprint density at radius 1 is 1.11 bits per heavy atom. The fourth-order valence-corrected chi connectivity index (χ4v) is 5.34. The van der Waals surface area contributed by atoms with Gasteiger partial charge in [0.1, 0.15) is 0 Å². The molecule has 1 aliphatic rings. The van der Waals surface area contributed by atoms with E-state index in [1.807, 2.05) is 60.7 Å². The summed E-state index contributed by atoms with van der Waals surface area (Å²) in [4.78, 5) is 31.7. The van der Waals surface area contributed by atoms with Crippen molar-refractivity contribution in [3.8, 4) is 11.5 Å². The van der Waals surface area contributed by atoms with Crippen molar-refractivity contribution in [1.29, 1.82) is 0 Å². The van der Waals surface area contributed by atoms with Gasteiger partial charge in [-0.3, -0.25) is 9.36 Å². The normalized spacial score (nSPS) is 15.4. The van der Waals surface area contributed by atoms with E-state index < -0.39 is 12.0 Å². The highest BCUT2D eigenvalue weighted by atomic mass is 32.1. The number of carbonyl (C=O) groups excluding carboxylic acids is 1. The van der Waals surface area contributed by atoms with Crippen LogP contribution in [0, 0.1) is 0 Å². The first-order valence-corrected chi connectivity index (χ1v) is 13.4. The summed E-state index contributed by atoms with van der Waals surface area (Å²) in [6, 6.07) is 14.6. The Kier molecular flexibility index (Phi) is 8.97. The maximum atomic E-state index is 13.6. The number of rotatable bonds is 10. The molecular weight excluding hydrogens is 500 g/mol. The molecule has 0 spiro atoms. The van der Waals surface area contributed by atoms with Gasteiger partial charge in [0.15, 0.2) is 16.3 Å². The first kappa shape index (κ1) is 27.1. The first-order chi connectivity index (χ1) is 18.5. The topological polar surface area (TPSA) is 79.1 Å². The first-order valence-electron chi connectivity index (χ1n) is 12.6. The van der Waals surface area contributed by atoms with E-state index in [1.54, 1.807) is 24.7 Å². The maximum absolute atomic E-state index is 13.6. The van der Waals surface area contributed by atoms with Crippen LogP contribution in [0.1, 0.15) is 50.3 Å². The van der Waals surface area contributed by atoms with Crippen molar-refractivity contribution in [3.63, 3.8) is 0 Å². The fourth-order valence-electron chi connectivity index (χ4n) is 4.34. The van der Waals surface area contributed by atoms with E-state index in [2.05, 4.69) is 11.9 Å². The van der Waals surface area contributed by atoms with Gasteiger partial charge in [-0.2, -0.15) is 0 Å². The van der Waals surface area contributed by atoms with E-state index in [9.17, 15) is 9.59 Å². The summed E-state index contributed by atoms with van der Waals surface area (Å²) in [6.45, 7) is 4.49. The van der Waals surface area contributed by atoms with Crippen LogP contribution in [0.4, 0.5) is 0 Å². The molecule has 0 saturated carbocycles. The molecule has 0 saturated heterocycles. The number of methoxy groups -OCH3 is 2. The van der Waals surface area contributed by atoms with Gasteiger partial charge in [-0.25, -0.2) is 9.79 Å². The number of carbonyl (C=O) groups is 1. The molecule has 8 heteroatoms. The molecule has 198 valence electrons. The van der Waals surface area contributed by atoms with Gasteiger partial charge in [-0.15, -0.1) is 0 Å². The van der Waals surface area contributed by atoms with E-state index in [4.69, 9.17) is 14.2 Å². The molecule has 2 heterocycles. The number of hydrogen-bond donors (Lipinski definition) is 0. The molecule has 0 amide bonds. The van der Waals surface area contributed by atoms with Crippen molar-refractivity contribution >= 4 is 29.5 Å². The van der Waals surface area contributed by atoms with Gasteiger partial charge in [0.2, 0.25) is 0 Å². The zero-order chi connectivity index (χ0) is 27.1. The summed E-state index contributed by atoms with van der Waals surface area (Å²) in [5.41, 5.74) is 2.31. The number of ether oxygens (including phenoxy) is 3. The van der Waals surface area contributed by atoms with Crippen molar-refractivity contribution in [1.82, 2.24) is 4.57 Å². The van der Waals surface area contributed by atoms with Crippen molar-refractivity contribution in [2.45, 2.75) is 39.2 Å². The van der Waals surface area contributed by atoms with Crippen LogP contribution in [0.5, 0.6) is 11.5 Å². The molecule has 1 aliphatic heterocycles. The Bertz CT molecular complexity index is 1530. The smallest absolute Gasteiger partial charge is 0.338 e. The van der Waals surface area contributed by atoms with Crippen LogP contribution in [0.2, 0.25) is 0 Å². The van der Waals surface area contributed by atoms with Gasteiger partial charge in [0.25, 0.3) is 5.56 Å². The average Bonchev–Trinajstić information content (AvgIpc) is 3.24. The molecule has 0 fully saturated rings. The van der Waals surface area contributed by atoms with Crippen molar-refractivity contribution in [3.05, 3.63) is 96.7 Å². The molecule has 1 unspecified atom stereocenters. The molecule has 1 aromatic heterocycles. The van der Waals surface area contributed by atoms with Crippen LogP contribution in [-0.2, 0) is 9.53 Å². The Labute approximate surface area is 226 Å². The maximum Gasteiger partial charge on any atom is 0.338 e. The molecule has 7 nitrogen and oxygen atoms in total. The van der Waals surface area contributed by atoms with Gasteiger partial charge < -0.3 is 14.2 Å². The van der Waals surface area contributed by atoms with Crippen molar-refractivity contribution in [2.24, 2.45) is 4.99 Å². The van der Waals surface area contributed by atoms with Gasteiger partial charge in [-0.1, -0.05) is 79.7 Å². The summed E-state index contributed by atoms with van der Waals surface area (Å²) in [5, 5.41) is 0. The second-order valence-electron chi connectivity index (χ2n) is 8.83. The number of nitrogens with zero attached hydrogens (tertiary/aromatic N) is 2. The highest BCUT2D eigenvalue weighted by Gasteiger charge is 2.33. The Morgan fingerprint density at radius 2 is 1.89 bits per heavy atom. The van der Waals surface area contributed by atoms with Crippen LogP contribution in [0.15, 0.2) is 75.7 Å². The zero-order valence-corrected chi connectivity index (χ0v) is 22.9. The lowest BCUT2D eigenvalue weighted by Crippen LogP contribution is -2.39. The highest BCUT2D eigenvalue weighted by molar-refractivity contribution is 7.07. The molecule has 2 aromatic carbocycles. The highest BCUT2D eigenvalue weighted by Crippen LogP contribution is 2.36. The van der Waals surface area contributed by atoms with E-state index in [1.165, 1.54) is 18.4 Å². The molecule has 0 aliphatic carbocycles. The van der Waals surface area contributed by atoms with E-state index >= 15 is 0 Å². The number of hydrogen-bond acceptors (Lipinski definition) is 7. The van der Waals surface area contributed by atoms with Gasteiger partial charge in [0, 0.05) is 0 Å². The number of benzene rings is 2. The molecule has 0 N–H and O–H groups in total. The Balaban J connectivity index is 1.79. The minimum absolute atomic E-state index is 0.232. The molecular formula is C30H32N2O5S. The molecule has 38 heavy (non-hydrogen) atoms. The Hall–Kier alpha value is -3.91. The summed E-state index contributed by atoms with van der Waals surface area (Å²) >= 11 is 1.28. The minimum Gasteiger partial charge on any atom is -0.493 e. The van der Waals surface area contributed by atoms with Gasteiger partial charge in [-0.05, 0) is 42.7 Å². The number of allylic oxidation sites excluding steroid dienone is 2. The van der Waals surface area contributed by atoms with E-state index in [0.717, 1.165) is 24.8 Å². The lowest BCUT2D eigenvalue weighted by Gasteiger charge is -2.25. The van der Waals surface area contributed by atoms with Gasteiger partial charge in [0.05, 0.1) is 42.7 Å². The van der Waals surface area contributed by atoms with Crippen LogP contribution in [-0.4, -0.2) is 31.4 Å². The lowest BCUT2D eigenvalue weighted by molar-refractivity contribution is -0.136. The predicted octanol–water partition coefficient (Wildman–Crippen LogP) is 4.65. The van der Waals surface area contributed by atoms with E-state index in [0.29, 0.717) is 44.3 Å². The standard InChI is InChI=1S/C30H32N2O5S/c1-5-6-10-18-37-23-17-16-22(19-24(23)35-3)27-26(29(34)36-4)20(2)31-30-32(27)28(33)25(38-30)15-11-14-21-12-8-7-9-13-21/h7-9,11-17,19,27H,5-6,10,18H2,1-4H3. The molecule has 0 bridgehead atoms. The zero-order valence-electron chi connectivity index (χ0n) is 22.1. The number of aromatic nitrogens is 1. The largest absolute Gasteiger partial charge is 0.493 e. The van der Waals surface area contributed by atoms with Gasteiger partial charge >= 0.3 is 5.97 Å². The summed E-state index contributed by atoms with van der Waals surface area (Å²) < 4.78 is 18.7. The molecule has 0 radical (unpaired) electrons. The summed E-state index contributed by atoms with van der Waals surface area (Å²) in [7, 11) is 2.90. The molecule has 4 rings (SSSR count). The predicted molar refractivity (Wildman–Crippen MR) is 150 cm³/mol. The summed E-state index contributed by atoms with van der Waals surface area (Å²) in [6.07, 6.45) is 8.70. The van der Waals surface area contributed by atoms with Crippen LogP contribution in [0.25, 0.3) is 12.2 Å². The third kappa shape index (κ3) is 5.81. The summed E-state index contributed by atoms with van der Waals surface area (Å²) in [5.74, 6) is 0.616. The fraction of sp³-hybridized carbons (Fsp3) is 0.300. The van der Waals surface area contributed by atoms with Crippen molar-refractivity contribution < 1.29 is 19.0 Å². The molecule has 3 aromatic rings. The second kappa shape index (κ2) is 12.6. The monoisotopic (exact) mass is 532 g/mol. The second-order valence-corrected chi connectivity index (χ2v) is 9.84. The lowest BCUT2D eigenvalue weighted by atomic mass is 9.95.